The molecule has 0 radical (unpaired) electrons. The first-order valence-corrected chi connectivity index (χ1v) is 12.3. The summed E-state index contributed by atoms with van der Waals surface area (Å²) in [5.41, 5.74) is 0.806. The molecular formula is C23H26N4O3S2. The molecule has 2 atom stereocenters. The predicted molar refractivity (Wildman–Crippen MR) is 131 cm³/mol. The normalized spacial score (nSPS) is 26.1. The van der Waals surface area contributed by atoms with Gasteiger partial charge in [0.2, 0.25) is 0 Å². The molecule has 1 amide bonds. The van der Waals surface area contributed by atoms with Crippen LogP contribution < -0.4 is 10.5 Å². The summed E-state index contributed by atoms with van der Waals surface area (Å²) in [6, 6.07) is 5.66. The maximum absolute atomic E-state index is 13.5. The van der Waals surface area contributed by atoms with E-state index in [4.69, 9.17) is 21.9 Å². The Balaban J connectivity index is 1.61. The van der Waals surface area contributed by atoms with Gasteiger partial charge in [0.25, 0.3) is 11.5 Å². The Labute approximate surface area is 196 Å². The minimum absolute atomic E-state index is 0.0169. The molecule has 9 heteroatoms. The molecule has 2 aromatic rings. The van der Waals surface area contributed by atoms with E-state index in [1.807, 2.05) is 26.0 Å². The van der Waals surface area contributed by atoms with Crippen molar-refractivity contribution < 1.29 is 9.53 Å². The molecule has 3 fully saturated rings. The summed E-state index contributed by atoms with van der Waals surface area (Å²) in [5, 5.41) is 0. The highest BCUT2D eigenvalue weighted by Gasteiger charge is 2.38. The van der Waals surface area contributed by atoms with Crippen LogP contribution in [0.25, 0.3) is 11.7 Å². The van der Waals surface area contributed by atoms with Gasteiger partial charge in [-0.05, 0) is 44.9 Å². The van der Waals surface area contributed by atoms with Crippen molar-refractivity contribution in [1.82, 2.24) is 14.3 Å². The largest absolute Gasteiger partial charge is 0.372 e. The van der Waals surface area contributed by atoms with Crippen molar-refractivity contribution in [2.75, 3.05) is 18.0 Å². The van der Waals surface area contributed by atoms with E-state index in [1.165, 1.54) is 16.2 Å². The third kappa shape index (κ3) is 3.86. The van der Waals surface area contributed by atoms with Crippen LogP contribution in [0, 0.1) is 0 Å². The van der Waals surface area contributed by atoms with Crippen LogP contribution in [-0.4, -0.2) is 55.9 Å². The lowest BCUT2D eigenvalue weighted by molar-refractivity contribution is -0.123. The molecular weight excluding hydrogens is 444 g/mol. The fourth-order valence-corrected chi connectivity index (χ4v) is 6.28. The molecule has 168 valence electrons. The van der Waals surface area contributed by atoms with Crippen LogP contribution in [0.4, 0.5) is 5.82 Å². The lowest BCUT2D eigenvalue weighted by Gasteiger charge is -2.36. The number of pyridine rings is 1. The highest BCUT2D eigenvalue weighted by atomic mass is 32.2. The molecule has 0 bridgehead atoms. The number of hydrogen-bond acceptors (Lipinski definition) is 7. The minimum atomic E-state index is -0.191. The minimum Gasteiger partial charge on any atom is -0.372 e. The molecule has 5 rings (SSSR count). The molecule has 3 aliphatic rings. The summed E-state index contributed by atoms with van der Waals surface area (Å²) in [6.45, 7) is 5.29. The van der Waals surface area contributed by atoms with Gasteiger partial charge in [-0.15, -0.1) is 0 Å². The van der Waals surface area contributed by atoms with Gasteiger partial charge in [-0.25, -0.2) is 4.98 Å². The van der Waals surface area contributed by atoms with E-state index in [9.17, 15) is 9.59 Å². The van der Waals surface area contributed by atoms with Crippen molar-refractivity contribution in [1.29, 1.82) is 0 Å². The van der Waals surface area contributed by atoms with E-state index in [1.54, 1.807) is 23.2 Å². The van der Waals surface area contributed by atoms with Crippen LogP contribution >= 0.6 is 24.0 Å². The highest BCUT2D eigenvalue weighted by Crippen LogP contribution is 2.38. The molecule has 0 spiro atoms. The number of hydrogen-bond donors (Lipinski definition) is 0. The van der Waals surface area contributed by atoms with Gasteiger partial charge in [0.15, 0.2) is 0 Å². The average Bonchev–Trinajstić information content (AvgIpc) is 3.37. The maximum Gasteiger partial charge on any atom is 0.267 e. The van der Waals surface area contributed by atoms with Crippen molar-refractivity contribution in [2.24, 2.45) is 0 Å². The number of ether oxygens (including phenoxy) is 1. The summed E-state index contributed by atoms with van der Waals surface area (Å²) in [6.07, 6.45) is 7.64. The van der Waals surface area contributed by atoms with Gasteiger partial charge in [-0.3, -0.25) is 18.9 Å². The lowest BCUT2D eigenvalue weighted by atomic mass is 10.1. The van der Waals surface area contributed by atoms with Gasteiger partial charge in [-0.1, -0.05) is 42.9 Å². The number of anilines is 1. The summed E-state index contributed by atoms with van der Waals surface area (Å²) < 4.78 is 7.99. The van der Waals surface area contributed by atoms with Crippen LogP contribution in [-0.2, 0) is 9.53 Å². The predicted octanol–water partition coefficient (Wildman–Crippen LogP) is 3.45. The SMILES string of the molecule is CC1CN(c2nc3ccccn3c(=O)c2/C=C2/SC(=S)N(C3CCCC3)C2=O)CC(C)O1. The molecule has 2 aliphatic heterocycles. The zero-order valence-corrected chi connectivity index (χ0v) is 19.8. The van der Waals surface area contributed by atoms with Gasteiger partial charge in [0.1, 0.15) is 15.8 Å². The Morgan fingerprint density at radius 1 is 1.16 bits per heavy atom. The smallest absolute Gasteiger partial charge is 0.267 e. The van der Waals surface area contributed by atoms with E-state index in [0.717, 1.165) is 25.7 Å². The third-order valence-corrected chi connectivity index (χ3v) is 7.59. The van der Waals surface area contributed by atoms with E-state index >= 15 is 0 Å². The van der Waals surface area contributed by atoms with Crippen molar-refractivity contribution in [3.8, 4) is 0 Å². The Bertz CT molecular complexity index is 1160. The van der Waals surface area contributed by atoms with Gasteiger partial charge < -0.3 is 9.64 Å². The number of nitrogens with zero attached hydrogens (tertiary/aromatic N) is 4. The molecule has 32 heavy (non-hydrogen) atoms. The quantitative estimate of drug-likeness (QED) is 0.503. The first-order chi connectivity index (χ1) is 15.4. The second-order valence-electron chi connectivity index (χ2n) is 8.74. The summed E-state index contributed by atoms with van der Waals surface area (Å²) in [4.78, 5) is 36.0. The Hall–Kier alpha value is -2.23. The first-order valence-electron chi connectivity index (χ1n) is 11.1. The number of thioether (sulfide) groups is 1. The molecule has 4 heterocycles. The molecule has 0 N–H and O–H groups in total. The molecule has 1 saturated carbocycles. The number of amides is 1. The van der Waals surface area contributed by atoms with Crippen molar-refractivity contribution in [3.63, 3.8) is 0 Å². The molecule has 7 nitrogen and oxygen atoms in total. The molecule has 1 aliphatic carbocycles. The number of thiocarbonyl (C=S) groups is 1. The van der Waals surface area contributed by atoms with Crippen LogP contribution in [0.3, 0.4) is 0 Å². The van der Waals surface area contributed by atoms with Crippen LogP contribution in [0.2, 0.25) is 0 Å². The van der Waals surface area contributed by atoms with E-state index in [2.05, 4.69) is 4.90 Å². The van der Waals surface area contributed by atoms with E-state index in [-0.39, 0.29) is 29.7 Å². The van der Waals surface area contributed by atoms with Gasteiger partial charge >= 0.3 is 0 Å². The van der Waals surface area contributed by atoms with Crippen LogP contribution in [0.1, 0.15) is 45.1 Å². The lowest BCUT2D eigenvalue weighted by Crippen LogP contribution is -2.46. The van der Waals surface area contributed by atoms with Crippen molar-refractivity contribution >= 4 is 51.7 Å². The standard InChI is InChI=1S/C23H26N4O3S2/c1-14-12-25(13-15(2)30-14)20-17(21(28)26-10-6-5-9-19(26)24-20)11-18-22(29)27(23(31)32-18)16-7-3-4-8-16/h5-6,9-11,14-16H,3-4,7-8,12-13H2,1-2H3/b18-11+. The number of aromatic nitrogens is 2. The average molecular weight is 471 g/mol. The topological polar surface area (TPSA) is 67.2 Å². The molecule has 2 unspecified atom stereocenters. The maximum atomic E-state index is 13.5. The highest BCUT2D eigenvalue weighted by molar-refractivity contribution is 8.26. The van der Waals surface area contributed by atoms with Crippen LogP contribution in [0.5, 0.6) is 0 Å². The zero-order valence-electron chi connectivity index (χ0n) is 18.2. The second kappa shape index (κ2) is 8.61. The first kappa shape index (κ1) is 21.6. The number of rotatable bonds is 3. The number of carbonyl (C=O) groups excluding carboxylic acids is 1. The van der Waals surface area contributed by atoms with Crippen molar-refractivity contribution in [3.05, 3.63) is 45.2 Å². The number of morpholine rings is 1. The zero-order chi connectivity index (χ0) is 22.4. The molecule has 2 saturated heterocycles. The fraction of sp³-hybridized carbons (Fsp3) is 0.478. The monoisotopic (exact) mass is 470 g/mol. The van der Waals surface area contributed by atoms with Gasteiger partial charge in [0, 0.05) is 25.3 Å². The Morgan fingerprint density at radius 3 is 2.59 bits per heavy atom. The summed E-state index contributed by atoms with van der Waals surface area (Å²) in [5.74, 6) is 0.494. The number of fused-ring (bicyclic) bond motifs is 1. The van der Waals surface area contributed by atoms with Crippen LogP contribution in [0.15, 0.2) is 34.1 Å². The van der Waals surface area contributed by atoms with Gasteiger partial charge in [0.05, 0.1) is 22.7 Å². The molecule has 2 aromatic heterocycles. The summed E-state index contributed by atoms with van der Waals surface area (Å²) in [7, 11) is 0. The Morgan fingerprint density at radius 2 is 1.88 bits per heavy atom. The fourth-order valence-electron chi connectivity index (χ4n) is 4.90. The Kier molecular flexibility index (Phi) is 5.81. The van der Waals surface area contributed by atoms with E-state index < -0.39 is 0 Å². The summed E-state index contributed by atoms with van der Waals surface area (Å²) >= 11 is 6.83. The van der Waals surface area contributed by atoms with E-state index in [0.29, 0.717) is 39.3 Å². The van der Waals surface area contributed by atoms with Gasteiger partial charge in [-0.2, -0.15) is 0 Å². The third-order valence-electron chi connectivity index (χ3n) is 6.26. The molecule has 0 aromatic carbocycles. The van der Waals surface area contributed by atoms with Crippen molar-refractivity contribution in [2.45, 2.75) is 57.8 Å². The second-order valence-corrected chi connectivity index (χ2v) is 10.4. The number of carbonyl (C=O) groups is 1.